The average molecular weight is 276 g/mol. The Morgan fingerprint density at radius 3 is 2.53 bits per heavy atom. The van der Waals surface area contributed by atoms with Crippen molar-refractivity contribution in [1.82, 2.24) is 9.88 Å². The van der Waals surface area contributed by atoms with Crippen LogP contribution in [-0.4, -0.2) is 24.0 Å². The second-order valence-electron chi connectivity index (χ2n) is 4.64. The van der Waals surface area contributed by atoms with E-state index in [1.54, 1.807) is 12.3 Å². The van der Waals surface area contributed by atoms with Gasteiger partial charge in [-0.2, -0.15) is 0 Å². The van der Waals surface area contributed by atoms with Gasteiger partial charge in [-0.3, -0.25) is 0 Å². The van der Waals surface area contributed by atoms with Crippen molar-refractivity contribution in [2.24, 2.45) is 0 Å². The topological polar surface area (TPSA) is 16.1 Å². The molecule has 0 saturated heterocycles. The van der Waals surface area contributed by atoms with E-state index < -0.39 is 0 Å². The molecule has 2 aromatic rings. The van der Waals surface area contributed by atoms with E-state index in [0.29, 0.717) is 11.6 Å². The van der Waals surface area contributed by atoms with E-state index in [2.05, 4.69) is 4.98 Å². The van der Waals surface area contributed by atoms with Gasteiger partial charge in [-0.1, -0.05) is 42.1 Å². The molecule has 0 N–H and O–H groups in total. The Labute approximate surface area is 117 Å². The Morgan fingerprint density at radius 2 is 1.89 bits per heavy atom. The van der Waals surface area contributed by atoms with Crippen molar-refractivity contribution in [2.45, 2.75) is 17.3 Å². The fraction of sp³-hybridized carbons (Fsp3) is 0.267. The van der Waals surface area contributed by atoms with Gasteiger partial charge in [0.05, 0.1) is 0 Å². The maximum Gasteiger partial charge on any atom is 0.155 e. The van der Waals surface area contributed by atoms with Crippen LogP contribution in [0.2, 0.25) is 0 Å². The average Bonchev–Trinajstić information content (AvgIpc) is 2.38. The standard InChI is InChI=1S/C15H17FN2S/c1-18(2)10-13-8-14(16)15(17-9-13)19-11-12-6-4-3-5-7-12/h3-9H,10-11H2,1-2H3. The molecule has 0 aliphatic carbocycles. The van der Waals surface area contributed by atoms with Crippen LogP contribution < -0.4 is 0 Å². The molecular formula is C15H17FN2S. The van der Waals surface area contributed by atoms with Crippen LogP contribution >= 0.6 is 11.8 Å². The van der Waals surface area contributed by atoms with Crippen LogP contribution in [0.3, 0.4) is 0 Å². The van der Waals surface area contributed by atoms with Crippen molar-refractivity contribution < 1.29 is 4.39 Å². The Bertz CT molecular complexity index is 529. The summed E-state index contributed by atoms with van der Waals surface area (Å²) in [5.74, 6) is 0.498. The van der Waals surface area contributed by atoms with Crippen LogP contribution in [0, 0.1) is 5.82 Å². The first-order chi connectivity index (χ1) is 9.15. The third-order valence-electron chi connectivity index (χ3n) is 2.58. The lowest BCUT2D eigenvalue weighted by Crippen LogP contribution is -2.11. The molecule has 4 heteroatoms. The largest absolute Gasteiger partial charge is 0.305 e. The van der Waals surface area contributed by atoms with Crippen molar-refractivity contribution >= 4 is 11.8 Å². The summed E-state index contributed by atoms with van der Waals surface area (Å²) >= 11 is 1.43. The number of hydrogen-bond donors (Lipinski definition) is 0. The monoisotopic (exact) mass is 276 g/mol. The summed E-state index contributed by atoms with van der Waals surface area (Å²) in [5.41, 5.74) is 2.07. The van der Waals surface area contributed by atoms with Gasteiger partial charge in [0.2, 0.25) is 0 Å². The number of hydrogen-bond acceptors (Lipinski definition) is 3. The number of aromatic nitrogens is 1. The van der Waals surface area contributed by atoms with Crippen molar-refractivity contribution in [3.05, 3.63) is 59.5 Å². The fourth-order valence-corrected chi connectivity index (χ4v) is 2.57. The molecule has 0 fully saturated rings. The molecule has 2 nitrogen and oxygen atoms in total. The Kier molecular flexibility index (Phi) is 4.93. The van der Waals surface area contributed by atoms with Crippen molar-refractivity contribution in [1.29, 1.82) is 0 Å². The predicted octanol–water partition coefficient (Wildman–Crippen LogP) is 3.57. The SMILES string of the molecule is CN(C)Cc1cnc(SCc2ccccc2)c(F)c1. The highest BCUT2D eigenvalue weighted by Crippen LogP contribution is 2.24. The van der Waals surface area contributed by atoms with Gasteiger partial charge in [0.1, 0.15) is 5.03 Å². The first-order valence-electron chi connectivity index (χ1n) is 6.11. The number of benzene rings is 1. The highest BCUT2D eigenvalue weighted by atomic mass is 32.2. The first-order valence-corrected chi connectivity index (χ1v) is 7.09. The molecule has 1 aromatic carbocycles. The normalized spacial score (nSPS) is 10.9. The molecular weight excluding hydrogens is 259 g/mol. The Hall–Kier alpha value is -1.39. The molecule has 100 valence electrons. The highest BCUT2D eigenvalue weighted by molar-refractivity contribution is 7.98. The zero-order valence-corrected chi connectivity index (χ0v) is 12.0. The lowest BCUT2D eigenvalue weighted by molar-refractivity contribution is 0.400. The maximum atomic E-state index is 13.9. The van der Waals surface area contributed by atoms with E-state index in [1.807, 2.05) is 49.3 Å². The predicted molar refractivity (Wildman–Crippen MR) is 77.6 cm³/mol. The van der Waals surface area contributed by atoms with Crippen LogP contribution in [0.4, 0.5) is 4.39 Å². The number of rotatable bonds is 5. The highest BCUT2D eigenvalue weighted by Gasteiger charge is 2.07. The summed E-state index contributed by atoms with van der Waals surface area (Å²) in [6, 6.07) is 11.6. The lowest BCUT2D eigenvalue weighted by atomic mass is 10.2. The van der Waals surface area contributed by atoms with E-state index in [1.165, 1.54) is 17.3 Å². The smallest absolute Gasteiger partial charge is 0.155 e. The van der Waals surface area contributed by atoms with Crippen molar-refractivity contribution in [2.75, 3.05) is 14.1 Å². The van der Waals surface area contributed by atoms with Crippen molar-refractivity contribution in [3.8, 4) is 0 Å². The Balaban J connectivity index is 2.01. The summed E-state index contributed by atoms with van der Waals surface area (Å²) in [5, 5.41) is 0.464. The fourth-order valence-electron chi connectivity index (χ4n) is 1.75. The molecule has 0 atom stereocenters. The van der Waals surface area contributed by atoms with Gasteiger partial charge >= 0.3 is 0 Å². The summed E-state index contributed by atoms with van der Waals surface area (Å²) < 4.78 is 13.9. The molecule has 1 aromatic heterocycles. The number of thioether (sulfide) groups is 1. The zero-order chi connectivity index (χ0) is 13.7. The Morgan fingerprint density at radius 1 is 1.16 bits per heavy atom. The molecule has 0 spiro atoms. The van der Waals surface area contributed by atoms with Gasteiger partial charge in [0.15, 0.2) is 5.82 Å². The molecule has 2 rings (SSSR count). The van der Waals surface area contributed by atoms with Gasteiger partial charge in [-0.15, -0.1) is 0 Å². The first kappa shape index (κ1) is 14.0. The molecule has 1 heterocycles. The van der Waals surface area contributed by atoms with E-state index in [0.717, 1.165) is 11.3 Å². The van der Waals surface area contributed by atoms with Crippen LogP contribution in [-0.2, 0) is 12.3 Å². The molecule has 0 aliphatic heterocycles. The lowest BCUT2D eigenvalue weighted by Gasteiger charge is -2.10. The second kappa shape index (κ2) is 6.68. The molecule has 0 radical (unpaired) electrons. The van der Waals surface area contributed by atoms with E-state index in [4.69, 9.17) is 0 Å². The van der Waals surface area contributed by atoms with Crippen LogP contribution in [0.5, 0.6) is 0 Å². The van der Waals surface area contributed by atoms with E-state index >= 15 is 0 Å². The quantitative estimate of drug-likeness (QED) is 0.777. The molecule has 0 saturated carbocycles. The number of pyridine rings is 1. The van der Waals surface area contributed by atoms with Gasteiger partial charge in [0.25, 0.3) is 0 Å². The minimum atomic E-state index is -0.236. The summed E-state index contributed by atoms with van der Waals surface area (Å²) in [7, 11) is 3.91. The van der Waals surface area contributed by atoms with Gasteiger partial charge in [-0.05, 0) is 31.3 Å². The third kappa shape index (κ3) is 4.33. The van der Waals surface area contributed by atoms with Crippen molar-refractivity contribution in [3.63, 3.8) is 0 Å². The zero-order valence-electron chi connectivity index (χ0n) is 11.1. The summed E-state index contributed by atoms with van der Waals surface area (Å²) in [6.45, 7) is 0.702. The van der Waals surface area contributed by atoms with Crippen LogP contribution in [0.1, 0.15) is 11.1 Å². The molecule has 0 unspecified atom stereocenters. The number of nitrogens with zero attached hydrogens (tertiary/aromatic N) is 2. The summed E-state index contributed by atoms with van der Waals surface area (Å²) in [4.78, 5) is 6.20. The van der Waals surface area contributed by atoms with E-state index in [-0.39, 0.29) is 5.82 Å². The molecule has 0 aliphatic rings. The maximum absolute atomic E-state index is 13.9. The second-order valence-corrected chi connectivity index (χ2v) is 5.61. The summed E-state index contributed by atoms with van der Waals surface area (Å²) in [6.07, 6.45) is 1.75. The number of halogens is 1. The molecule has 19 heavy (non-hydrogen) atoms. The molecule has 0 amide bonds. The van der Waals surface area contributed by atoms with Gasteiger partial charge < -0.3 is 4.90 Å². The van der Waals surface area contributed by atoms with Crippen LogP contribution in [0.25, 0.3) is 0 Å². The van der Waals surface area contributed by atoms with E-state index in [9.17, 15) is 4.39 Å². The third-order valence-corrected chi connectivity index (χ3v) is 3.63. The minimum absolute atomic E-state index is 0.236. The van der Waals surface area contributed by atoms with Crippen LogP contribution in [0.15, 0.2) is 47.6 Å². The minimum Gasteiger partial charge on any atom is -0.305 e. The van der Waals surface area contributed by atoms with Gasteiger partial charge in [-0.25, -0.2) is 9.37 Å². The molecule has 0 bridgehead atoms. The van der Waals surface area contributed by atoms with Gasteiger partial charge in [0, 0.05) is 18.5 Å².